The van der Waals surface area contributed by atoms with Gasteiger partial charge in [0, 0.05) is 36.5 Å². The molecular weight excluding hydrogens is 302 g/mol. The fourth-order valence-electron chi connectivity index (χ4n) is 2.83. The maximum absolute atomic E-state index is 12.4. The van der Waals surface area contributed by atoms with Crippen LogP contribution >= 0.6 is 0 Å². The van der Waals surface area contributed by atoms with E-state index in [2.05, 4.69) is 18.7 Å². The lowest BCUT2D eigenvalue weighted by atomic mass is 10.1. The SMILES string of the molecule is CCN(CC)c1ccc2c(=O)cc(-c3ccc(OC)cc3)oc2c1. The number of rotatable bonds is 5. The van der Waals surface area contributed by atoms with Gasteiger partial charge in [-0.05, 0) is 50.2 Å². The maximum Gasteiger partial charge on any atom is 0.193 e. The van der Waals surface area contributed by atoms with E-state index >= 15 is 0 Å². The standard InChI is InChI=1S/C20H21NO3/c1-4-21(5-2)15-8-11-17-18(22)13-19(24-20(17)12-15)14-6-9-16(23-3)10-7-14/h6-13H,4-5H2,1-3H3. The van der Waals surface area contributed by atoms with Gasteiger partial charge < -0.3 is 14.1 Å². The van der Waals surface area contributed by atoms with Gasteiger partial charge in [0.2, 0.25) is 0 Å². The van der Waals surface area contributed by atoms with Crippen LogP contribution in [-0.2, 0) is 0 Å². The highest BCUT2D eigenvalue weighted by molar-refractivity contribution is 5.82. The molecule has 0 atom stereocenters. The molecule has 0 fully saturated rings. The maximum atomic E-state index is 12.4. The Morgan fingerprint density at radius 3 is 2.33 bits per heavy atom. The predicted octanol–water partition coefficient (Wildman–Crippen LogP) is 4.31. The van der Waals surface area contributed by atoms with Gasteiger partial charge >= 0.3 is 0 Å². The van der Waals surface area contributed by atoms with Gasteiger partial charge in [-0.3, -0.25) is 4.79 Å². The molecule has 0 aliphatic rings. The largest absolute Gasteiger partial charge is 0.497 e. The van der Waals surface area contributed by atoms with Crippen LogP contribution in [0.5, 0.6) is 5.75 Å². The minimum Gasteiger partial charge on any atom is -0.497 e. The molecule has 0 amide bonds. The minimum atomic E-state index is -0.0341. The fraction of sp³-hybridized carbons (Fsp3) is 0.250. The van der Waals surface area contributed by atoms with E-state index in [4.69, 9.17) is 9.15 Å². The van der Waals surface area contributed by atoms with Crippen molar-refractivity contribution in [2.24, 2.45) is 0 Å². The van der Waals surface area contributed by atoms with E-state index in [0.717, 1.165) is 30.1 Å². The van der Waals surface area contributed by atoms with Crippen molar-refractivity contribution in [3.63, 3.8) is 0 Å². The molecule has 24 heavy (non-hydrogen) atoms. The summed E-state index contributed by atoms with van der Waals surface area (Å²) in [5.74, 6) is 1.33. The van der Waals surface area contributed by atoms with Crippen LogP contribution in [0.2, 0.25) is 0 Å². The summed E-state index contributed by atoms with van der Waals surface area (Å²) in [7, 11) is 1.62. The molecule has 0 saturated heterocycles. The lowest BCUT2D eigenvalue weighted by molar-refractivity contribution is 0.415. The molecule has 0 spiro atoms. The molecule has 0 unspecified atom stereocenters. The van der Waals surface area contributed by atoms with Crippen LogP contribution in [-0.4, -0.2) is 20.2 Å². The average Bonchev–Trinajstić information content (AvgIpc) is 2.62. The first kappa shape index (κ1) is 16.1. The number of methoxy groups -OCH3 is 1. The zero-order valence-corrected chi connectivity index (χ0v) is 14.2. The second-order valence-electron chi connectivity index (χ2n) is 5.56. The van der Waals surface area contributed by atoms with Gasteiger partial charge in [0.1, 0.15) is 17.1 Å². The molecule has 0 aliphatic heterocycles. The van der Waals surface area contributed by atoms with Crippen LogP contribution in [0, 0.1) is 0 Å². The van der Waals surface area contributed by atoms with Crippen molar-refractivity contribution in [3.05, 3.63) is 58.8 Å². The quantitative estimate of drug-likeness (QED) is 0.701. The van der Waals surface area contributed by atoms with Gasteiger partial charge in [-0.15, -0.1) is 0 Å². The molecule has 4 nitrogen and oxygen atoms in total. The summed E-state index contributed by atoms with van der Waals surface area (Å²) in [4.78, 5) is 14.6. The molecule has 0 aliphatic carbocycles. The second kappa shape index (κ2) is 6.79. The smallest absolute Gasteiger partial charge is 0.193 e. The van der Waals surface area contributed by atoms with E-state index < -0.39 is 0 Å². The van der Waals surface area contributed by atoms with E-state index in [1.807, 2.05) is 42.5 Å². The minimum absolute atomic E-state index is 0.0341. The Bertz CT molecular complexity index is 893. The summed E-state index contributed by atoms with van der Waals surface area (Å²) in [6, 6.07) is 14.8. The molecule has 0 radical (unpaired) electrons. The molecule has 3 rings (SSSR count). The number of anilines is 1. The van der Waals surface area contributed by atoms with Crippen LogP contribution in [0.4, 0.5) is 5.69 Å². The van der Waals surface area contributed by atoms with Gasteiger partial charge in [-0.1, -0.05) is 0 Å². The summed E-state index contributed by atoms with van der Waals surface area (Å²) in [6.07, 6.45) is 0. The molecule has 1 aromatic heterocycles. The highest BCUT2D eigenvalue weighted by Gasteiger charge is 2.10. The third kappa shape index (κ3) is 3.00. The van der Waals surface area contributed by atoms with Crippen LogP contribution < -0.4 is 15.1 Å². The lowest BCUT2D eigenvalue weighted by Gasteiger charge is -2.21. The fourth-order valence-corrected chi connectivity index (χ4v) is 2.83. The number of benzene rings is 2. The summed E-state index contributed by atoms with van der Waals surface area (Å²) in [5.41, 5.74) is 2.48. The van der Waals surface area contributed by atoms with Crippen molar-refractivity contribution < 1.29 is 9.15 Å². The zero-order valence-electron chi connectivity index (χ0n) is 14.2. The van der Waals surface area contributed by atoms with E-state index in [0.29, 0.717) is 16.7 Å². The van der Waals surface area contributed by atoms with Crippen molar-refractivity contribution in [2.45, 2.75) is 13.8 Å². The van der Waals surface area contributed by atoms with Gasteiger partial charge in [0.25, 0.3) is 0 Å². The van der Waals surface area contributed by atoms with Crippen LogP contribution in [0.25, 0.3) is 22.3 Å². The Morgan fingerprint density at radius 2 is 1.71 bits per heavy atom. The summed E-state index contributed by atoms with van der Waals surface area (Å²) in [5, 5.41) is 0.600. The second-order valence-corrected chi connectivity index (χ2v) is 5.56. The van der Waals surface area contributed by atoms with Gasteiger partial charge in [-0.2, -0.15) is 0 Å². The number of hydrogen-bond donors (Lipinski definition) is 0. The predicted molar refractivity (Wildman–Crippen MR) is 98.0 cm³/mol. The normalized spacial score (nSPS) is 10.8. The monoisotopic (exact) mass is 323 g/mol. The number of ether oxygens (including phenoxy) is 1. The average molecular weight is 323 g/mol. The first-order chi connectivity index (χ1) is 11.7. The van der Waals surface area contributed by atoms with E-state index in [-0.39, 0.29) is 5.43 Å². The Hall–Kier alpha value is -2.75. The van der Waals surface area contributed by atoms with Crippen molar-refractivity contribution in [3.8, 4) is 17.1 Å². The van der Waals surface area contributed by atoms with Gasteiger partial charge in [-0.25, -0.2) is 0 Å². The highest BCUT2D eigenvalue weighted by atomic mass is 16.5. The van der Waals surface area contributed by atoms with Crippen molar-refractivity contribution in [2.75, 3.05) is 25.1 Å². The van der Waals surface area contributed by atoms with E-state index in [1.54, 1.807) is 13.2 Å². The Morgan fingerprint density at radius 1 is 1.00 bits per heavy atom. The third-order valence-corrected chi connectivity index (χ3v) is 4.22. The lowest BCUT2D eigenvalue weighted by Crippen LogP contribution is -2.21. The molecular formula is C20H21NO3. The number of fused-ring (bicyclic) bond motifs is 1. The van der Waals surface area contributed by atoms with Crippen LogP contribution in [0.3, 0.4) is 0 Å². The Balaban J connectivity index is 2.11. The summed E-state index contributed by atoms with van der Waals surface area (Å²) < 4.78 is 11.2. The molecule has 0 saturated carbocycles. The molecule has 3 aromatic rings. The first-order valence-electron chi connectivity index (χ1n) is 8.13. The van der Waals surface area contributed by atoms with Gasteiger partial charge in [0.05, 0.1) is 12.5 Å². The Kier molecular flexibility index (Phi) is 4.56. The van der Waals surface area contributed by atoms with Crippen LogP contribution in [0.1, 0.15) is 13.8 Å². The van der Waals surface area contributed by atoms with E-state index in [1.165, 1.54) is 0 Å². The van der Waals surface area contributed by atoms with Crippen LogP contribution in [0.15, 0.2) is 57.7 Å². The third-order valence-electron chi connectivity index (χ3n) is 4.22. The number of hydrogen-bond acceptors (Lipinski definition) is 4. The molecule has 0 bridgehead atoms. The zero-order chi connectivity index (χ0) is 17.1. The van der Waals surface area contributed by atoms with Crippen molar-refractivity contribution >= 4 is 16.7 Å². The number of nitrogens with zero attached hydrogens (tertiary/aromatic N) is 1. The molecule has 124 valence electrons. The first-order valence-corrected chi connectivity index (χ1v) is 8.13. The molecule has 2 aromatic carbocycles. The summed E-state index contributed by atoms with van der Waals surface area (Å²) in [6.45, 7) is 6.03. The van der Waals surface area contributed by atoms with Crippen molar-refractivity contribution in [1.29, 1.82) is 0 Å². The topological polar surface area (TPSA) is 42.7 Å². The highest BCUT2D eigenvalue weighted by Crippen LogP contribution is 2.26. The van der Waals surface area contributed by atoms with Crippen molar-refractivity contribution in [1.82, 2.24) is 0 Å². The summed E-state index contributed by atoms with van der Waals surface area (Å²) >= 11 is 0. The Labute approximate surface area is 141 Å². The molecule has 4 heteroatoms. The molecule has 1 heterocycles. The molecule has 0 N–H and O–H groups in total. The van der Waals surface area contributed by atoms with Gasteiger partial charge in [0.15, 0.2) is 5.43 Å². The van der Waals surface area contributed by atoms with E-state index in [9.17, 15) is 4.79 Å².